The second-order valence-electron chi connectivity index (χ2n) is 6.45. The lowest BCUT2D eigenvalue weighted by atomic mass is 9.98. The maximum Gasteiger partial charge on any atom is 0.314 e. The van der Waals surface area contributed by atoms with Crippen molar-refractivity contribution < 1.29 is 19.2 Å². The molecule has 1 unspecified atom stereocenters. The lowest BCUT2D eigenvalue weighted by Crippen LogP contribution is -3.13. The van der Waals surface area contributed by atoms with Crippen molar-refractivity contribution in [1.82, 2.24) is 0 Å². The lowest BCUT2D eigenvalue weighted by molar-refractivity contribution is -0.907. The van der Waals surface area contributed by atoms with E-state index in [0.717, 1.165) is 51.3 Å². The molecule has 0 bridgehead atoms. The normalized spacial score (nSPS) is 21.0. The number of benzene rings is 1. The molecule has 0 amide bonds. The van der Waals surface area contributed by atoms with Crippen LogP contribution in [0.15, 0.2) is 18.2 Å². The summed E-state index contributed by atoms with van der Waals surface area (Å²) in [6.45, 7) is 10.4. The highest BCUT2D eigenvalue weighted by atomic mass is 16.5. The molecule has 1 aliphatic heterocycles. The van der Waals surface area contributed by atoms with E-state index < -0.39 is 0 Å². The van der Waals surface area contributed by atoms with Crippen molar-refractivity contribution in [3.8, 4) is 5.75 Å². The molecule has 1 fully saturated rings. The molecular formula is C19H30NO3+. The average molecular weight is 320 g/mol. The summed E-state index contributed by atoms with van der Waals surface area (Å²) >= 11 is 0. The van der Waals surface area contributed by atoms with Gasteiger partial charge in [0.25, 0.3) is 0 Å². The minimum absolute atomic E-state index is 0.0173. The molecule has 1 saturated heterocycles. The van der Waals surface area contributed by atoms with E-state index in [-0.39, 0.29) is 11.9 Å². The largest absolute Gasteiger partial charge is 0.493 e. The number of carbonyl (C=O) groups is 1. The first-order valence-corrected chi connectivity index (χ1v) is 8.81. The SMILES string of the molecule is CCOC(=O)[C@H]1CCC[NH+](CCCOc2cccc(C)c2C)C1. The Hall–Kier alpha value is -1.55. The zero-order valence-corrected chi connectivity index (χ0v) is 14.7. The van der Waals surface area contributed by atoms with Gasteiger partial charge in [-0.25, -0.2) is 0 Å². The molecule has 1 aromatic rings. The summed E-state index contributed by atoms with van der Waals surface area (Å²) in [7, 11) is 0. The van der Waals surface area contributed by atoms with Gasteiger partial charge in [-0.2, -0.15) is 0 Å². The first-order valence-electron chi connectivity index (χ1n) is 8.81. The Morgan fingerprint density at radius 1 is 1.35 bits per heavy atom. The van der Waals surface area contributed by atoms with Crippen molar-refractivity contribution in [1.29, 1.82) is 0 Å². The van der Waals surface area contributed by atoms with Crippen LogP contribution < -0.4 is 9.64 Å². The molecule has 0 aliphatic carbocycles. The van der Waals surface area contributed by atoms with E-state index in [2.05, 4.69) is 19.9 Å². The van der Waals surface area contributed by atoms with Gasteiger partial charge < -0.3 is 14.4 Å². The number of rotatable bonds is 7. The molecular weight excluding hydrogens is 290 g/mol. The number of carbonyl (C=O) groups excluding carboxylic acids is 1. The fourth-order valence-corrected chi connectivity index (χ4v) is 3.22. The van der Waals surface area contributed by atoms with Crippen LogP contribution in [-0.4, -0.2) is 38.8 Å². The Morgan fingerprint density at radius 2 is 2.17 bits per heavy atom. The summed E-state index contributed by atoms with van der Waals surface area (Å²) in [6, 6.07) is 6.18. The number of piperidine rings is 1. The molecule has 0 aromatic heterocycles. The van der Waals surface area contributed by atoms with Crippen LogP contribution in [0, 0.1) is 19.8 Å². The highest BCUT2D eigenvalue weighted by Gasteiger charge is 2.29. The first kappa shape index (κ1) is 17.8. The topological polar surface area (TPSA) is 40.0 Å². The van der Waals surface area contributed by atoms with Gasteiger partial charge in [0.2, 0.25) is 0 Å². The molecule has 4 nitrogen and oxygen atoms in total. The number of quaternary nitrogens is 1. The van der Waals surface area contributed by atoms with Gasteiger partial charge in [0.15, 0.2) is 0 Å². The number of hydrogen-bond donors (Lipinski definition) is 1. The fraction of sp³-hybridized carbons (Fsp3) is 0.632. The molecule has 0 saturated carbocycles. The van der Waals surface area contributed by atoms with Gasteiger partial charge in [0.05, 0.1) is 32.8 Å². The molecule has 4 heteroatoms. The third-order valence-electron chi connectivity index (χ3n) is 4.73. The Kier molecular flexibility index (Phi) is 6.90. The number of nitrogens with one attached hydrogen (secondary N) is 1. The summed E-state index contributed by atoms with van der Waals surface area (Å²) in [4.78, 5) is 13.4. The number of esters is 1. The van der Waals surface area contributed by atoms with Crippen LogP contribution in [0.4, 0.5) is 0 Å². The van der Waals surface area contributed by atoms with E-state index >= 15 is 0 Å². The van der Waals surface area contributed by atoms with Crippen molar-refractivity contribution >= 4 is 5.97 Å². The van der Waals surface area contributed by atoms with Gasteiger partial charge in [0.1, 0.15) is 11.7 Å². The van der Waals surface area contributed by atoms with E-state index in [1.165, 1.54) is 16.0 Å². The summed E-state index contributed by atoms with van der Waals surface area (Å²) in [5.41, 5.74) is 2.49. The zero-order chi connectivity index (χ0) is 16.7. The summed E-state index contributed by atoms with van der Waals surface area (Å²) in [5, 5.41) is 0. The molecule has 0 spiro atoms. The van der Waals surface area contributed by atoms with Gasteiger partial charge in [0, 0.05) is 6.42 Å². The van der Waals surface area contributed by atoms with Crippen LogP contribution in [0.1, 0.15) is 37.3 Å². The number of aryl methyl sites for hydroxylation is 1. The maximum absolute atomic E-state index is 11.9. The van der Waals surface area contributed by atoms with Gasteiger partial charge in [-0.1, -0.05) is 12.1 Å². The Morgan fingerprint density at radius 3 is 2.96 bits per heavy atom. The smallest absolute Gasteiger partial charge is 0.314 e. The second-order valence-corrected chi connectivity index (χ2v) is 6.45. The second kappa shape index (κ2) is 8.92. The van der Waals surface area contributed by atoms with Crippen molar-refractivity contribution in [2.24, 2.45) is 5.92 Å². The Labute approximate surface area is 139 Å². The zero-order valence-electron chi connectivity index (χ0n) is 14.7. The molecule has 1 aliphatic rings. The van der Waals surface area contributed by atoms with E-state index in [0.29, 0.717) is 6.61 Å². The molecule has 0 radical (unpaired) electrons. The molecule has 1 heterocycles. The third-order valence-corrected chi connectivity index (χ3v) is 4.73. The minimum atomic E-state index is -0.0173. The minimum Gasteiger partial charge on any atom is -0.493 e. The summed E-state index contributed by atoms with van der Waals surface area (Å²) in [5.74, 6) is 1.05. The molecule has 2 atom stereocenters. The molecule has 23 heavy (non-hydrogen) atoms. The van der Waals surface area contributed by atoms with Crippen molar-refractivity contribution in [3.63, 3.8) is 0 Å². The van der Waals surface area contributed by atoms with Crippen LogP contribution >= 0.6 is 0 Å². The summed E-state index contributed by atoms with van der Waals surface area (Å²) in [6.07, 6.45) is 3.09. The maximum atomic E-state index is 11.9. The van der Waals surface area contributed by atoms with Crippen LogP contribution in [0.25, 0.3) is 0 Å². The van der Waals surface area contributed by atoms with Crippen molar-refractivity contribution in [3.05, 3.63) is 29.3 Å². The van der Waals surface area contributed by atoms with Gasteiger partial charge >= 0.3 is 5.97 Å². The highest BCUT2D eigenvalue weighted by Crippen LogP contribution is 2.20. The van der Waals surface area contributed by atoms with Crippen LogP contribution in [0.5, 0.6) is 5.75 Å². The van der Waals surface area contributed by atoms with Gasteiger partial charge in [-0.05, 0) is 50.8 Å². The van der Waals surface area contributed by atoms with E-state index in [4.69, 9.17) is 9.47 Å². The third kappa shape index (κ3) is 5.24. The van der Waals surface area contributed by atoms with E-state index in [9.17, 15) is 4.79 Å². The average Bonchev–Trinajstić information content (AvgIpc) is 2.56. The molecule has 1 N–H and O–H groups in total. The monoisotopic (exact) mass is 320 g/mol. The molecule has 2 rings (SSSR count). The van der Waals surface area contributed by atoms with Crippen molar-refractivity contribution in [2.75, 3.05) is 32.8 Å². The lowest BCUT2D eigenvalue weighted by Gasteiger charge is -2.28. The predicted octanol–water partition coefficient (Wildman–Crippen LogP) is 1.93. The van der Waals surface area contributed by atoms with E-state index in [1.54, 1.807) is 0 Å². The van der Waals surface area contributed by atoms with E-state index in [1.807, 2.05) is 19.1 Å². The molecule has 1 aromatic carbocycles. The number of likely N-dealkylation sites (tertiary alicyclic amines) is 1. The standard InChI is InChI=1S/C19H29NO3/c1-4-22-19(21)17-9-6-11-20(14-17)12-7-13-23-18-10-5-8-15(2)16(18)3/h5,8,10,17H,4,6-7,9,11-14H2,1-3H3/p+1/t17-/m0/s1. The van der Waals surface area contributed by atoms with Crippen LogP contribution in [0.3, 0.4) is 0 Å². The summed E-state index contributed by atoms with van der Waals surface area (Å²) < 4.78 is 11.1. The predicted molar refractivity (Wildman–Crippen MR) is 90.9 cm³/mol. The number of hydrogen-bond acceptors (Lipinski definition) is 3. The van der Waals surface area contributed by atoms with Crippen LogP contribution in [-0.2, 0) is 9.53 Å². The Bertz CT molecular complexity index is 515. The first-order chi connectivity index (χ1) is 11.1. The number of ether oxygens (including phenoxy) is 2. The highest BCUT2D eigenvalue weighted by molar-refractivity contribution is 5.72. The van der Waals surface area contributed by atoms with Gasteiger partial charge in [-0.3, -0.25) is 4.79 Å². The van der Waals surface area contributed by atoms with Crippen molar-refractivity contribution in [2.45, 2.75) is 40.0 Å². The fourth-order valence-electron chi connectivity index (χ4n) is 3.22. The van der Waals surface area contributed by atoms with Crippen LogP contribution in [0.2, 0.25) is 0 Å². The molecule has 128 valence electrons. The van der Waals surface area contributed by atoms with Gasteiger partial charge in [-0.15, -0.1) is 0 Å². The quantitative estimate of drug-likeness (QED) is 0.616. The Balaban J connectivity index is 1.71.